The molecule has 0 amide bonds. The quantitative estimate of drug-likeness (QED) is 0.506. The summed E-state index contributed by atoms with van der Waals surface area (Å²) in [5, 5.41) is 3.99. The fourth-order valence-electron chi connectivity index (χ4n) is 1.57. The van der Waals surface area contributed by atoms with Gasteiger partial charge in [0.25, 0.3) is 0 Å². The minimum Gasteiger partial charge on any atom is -0.489 e. The molecule has 0 atom stereocenters. The summed E-state index contributed by atoms with van der Waals surface area (Å²) < 4.78 is 18.3. The van der Waals surface area contributed by atoms with Crippen molar-refractivity contribution in [2.24, 2.45) is 10.8 Å². The third-order valence-corrected chi connectivity index (χ3v) is 2.68. The molecule has 0 saturated carbocycles. The molecule has 0 aliphatic carbocycles. The zero-order valence-electron chi connectivity index (χ0n) is 11.1. The maximum Gasteiger partial charge on any atom is 0.184 e. The molecule has 3 N–H and O–H groups in total. The van der Waals surface area contributed by atoms with Crippen molar-refractivity contribution in [3.8, 4) is 5.75 Å². The standard InChI is InChI=1S/C15H14FN3OS/c16-13-5-7-14(8-6-13)20-10-12-3-1-11(2-4-12)9-18-19-15(17)21/h1-9H,10H2,(H3,17,19,21). The van der Waals surface area contributed by atoms with E-state index in [1.54, 1.807) is 18.3 Å². The van der Waals surface area contributed by atoms with E-state index in [4.69, 9.17) is 10.5 Å². The predicted octanol–water partition coefficient (Wildman–Crippen LogP) is 2.57. The van der Waals surface area contributed by atoms with Gasteiger partial charge in [-0.05, 0) is 47.6 Å². The highest BCUT2D eigenvalue weighted by Crippen LogP contribution is 2.13. The summed E-state index contributed by atoms with van der Waals surface area (Å²) in [6.07, 6.45) is 1.61. The van der Waals surface area contributed by atoms with Gasteiger partial charge in [-0.15, -0.1) is 0 Å². The first kappa shape index (κ1) is 14.9. The molecule has 0 saturated heterocycles. The van der Waals surface area contributed by atoms with Crippen LogP contribution < -0.4 is 15.9 Å². The van der Waals surface area contributed by atoms with Crippen LogP contribution in [0.5, 0.6) is 5.75 Å². The Hall–Kier alpha value is -2.47. The Morgan fingerprint density at radius 1 is 1.19 bits per heavy atom. The molecule has 0 fully saturated rings. The normalized spacial score (nSPS) is 10.5. The van der Waals surface area contributed by atoms with Crippen molar-refractivity contribution in [1.82, 2.24) is 5.43 Å². The van der Waals surface area contributed by atoms with E-state index in [9.17, 15) is 4.39 Å². The summed E-state index contributed by atoms with van der Waals surface area (Å²) in [6.45, 7) is 0.411. The lowest BCUT2D eigenvalue weighted by molar-refractivity contribution is 0.306. The fourth-order valence-corrected chi connectivity index (χ4v) is 1.62. The van der Waals surface area contributed by atoms with Gasteiger partial charge in [0, 0.05) is 0 Å². The Balaban J connectivity index is 1.88. The van der Waals surface area contributed by atoms with Crippen LogP contribution in [0.2, 0.25) is 0 Å². The van der Waals surface area contributed by atoms with Crippen molar-refractivity contribution in [3.05, 3.63) is 65.5 Å². The summed E-state index contributed by atoms with van der Waals surface area (Å²) in [5.41, 5.74) is 9.64. The molecule has 0 heterocycles. The van der Waals surface area contributed by atoms with Crippen molar-refractivity contribution in [2.75, 3.05) is 0 Å². The number of benzene rings is 2. The number of nitrogens with two attached hydrogens (primary N) is 1. The monoisotopic (exact) mass is 303 g/mol. The molecule has 0 unspecified atom stereocenters. The van der Waals surface area contributed by atoms with E-state index in [1.807, 2.05) is 24.3 Å². The van der Waals surface area contributed by atoms with Crippen molar-refractivity contribution in [2.45, 2.75) is 6.61 Å². The third-order valence-electron chi connectivity index (χ3n) is 2.59. The van der Waals surface area contributed by atoms with Gasteiger partial charge < -0.3 is 10.5 Å². The van der Waals surface area contributed by atoms with E-state index in [0.29, 0.717) is 12.4 Å². The Labute approximate surface area is 127 Å². The van der Waals surface area contributed by atoms with Gasteiger partial charge in [0.1, 0.15) is 18.2 Å². The summed E-state index contributed by atoms with van der Waals surface area (Å²) in [5.74, 6) is 0.347. The average molecular weight is 303 g/mol. The van der Waals surface area contributed by atoms with Crippen LogP contribution >= 0.6 is 12.2 Å². The molecule has 2 rings (SSSR count). The maximum atomic E-state index is 12.8. The van der Waals surface area contributed by atoms with E-state index >= 15 is 0 Å². The lowest BCUT2D eigenvalue weighted by atomic mass is 10.1. The number of halogens is 1. The summed E-state index contributed by atoms with van der Waals surface area (Å²) in [6, 6.07) is 13.6. The first-order chi connectivity index (χ1) is 10.1. The van der Waals surface area contributed by atoms with E-state index in [-0.39, 0.29) is 10.9 Å². The van der Waals surface area contributed by atoms with Crippen LogP contribution in [0.25, 0.3) is 0 Å². The van der Waals surface area contributed by atoms with Crippen molar-refractivity contribution in [3.63, 3.8) is 0 Å². The van der Waals surface area contributed by atoms with Crippen LogP contribution in [0.15, 0.2) is 53.6 Å². The second kappa shape index (κ2) is 7.35. The number of hydrogen-bond acceptors (Lipinski definition) is 3. The number of nitrogens with zero attached hydrogens (tertiary/aromatic N) is 1. The first-order valence-corrected chi connectivity index (χ1v) is 6.60. The van der Waals surface area contributed by atoms with Crippen LogP contribution in [0, 0.1) is 5.82 Å². The minimum absolute atomic E-state index is 0.121. The number of rotatable bonds is 5. The first-order valence-electron chi connectivity index (χ1n) is 6.19. The van der Waals surface area contributed by atoms with Gasteiger partial charge in [-0.1, -0.05) is 24.3 Å². The van der Waals surface area contributed by atoms with Crippen LogP contribution in [-0.4, -0.2) is 11.3 Å². The maximum absolute atomic E-state index is 12.8. The highest BCUT2D eigenvalue weighted by molar-refractivity contribution is 7.80. The van der Waals surface area contributed by atoms with Gasteiger partial charge >= 0.3 is 0 Å². The molecular weight excluding hydrogens is 289 g/mol. The van der Waals surface area contributed by atoms with Gasteiger partial charge in [-0.2, -0.15) is 5.10 Å². The van der Waals surface area contributed by atoms with Gasteiger partial charge in [0.05, 0.1) is 6.21 Å². The van der Waals surface area contributed by atoms with Crippen LogP contribution in [-0.2, 0) is 6.61 Å². The summed E-state index contributed by atoms with van der Waals surface area (Å²) in [7, 11) is 0. The average Bonchev–Trinajstić information content (AvgIpc) is 2.48. The van der Waals surface area contributed by atoms with E-state index in [1.165, 1.54) is 12.1 Å². The molecule has 0 aliphatic heterocycles. The molecule has 21 heavy (non-hydrogen) atoms. The Morgan fingerprint density at radius 2 is 1.86 bits per heavy atom. The third kappa shape index (κ3) is 5.19. The van der Waals surface area contributed by atoms with Gasteiger partial charge in [0.15, 0.2) is 5.11 Å². The number of nitrogens with one attached hydrogen (secondary N) is 1. The summed E-state index contributed by atoms with van der Waals surface area (Å²) in [4.78, 5) is 0. The van der Waals surface area contributed by atoms with Crippen LogP contribution in [0.1, 0.15) is 11.1 Å². The van der Waals surface area contributed by atoms with Gasteiger partial charge in [-0.3, -0.25) is 5.43 Å². The predicted molar refractivity (Wildman–Crippen MR) is 84.7 cm³/mol. The zero-order valence-corrected chi connectivity index (χ0v) is 11.9. The van der Waals surface area contributed by atoms with Crippen LogP contribution in [0.4, 0.5) is 4.39 Å². The lowest BCUT2D eigenvalue weighted by Crippen LogP contribution is -2.23. The number of hydrazone groups is 1. The van der Waals surface area contributed by atoms with Crippen LogP contribution in [0.3, 0.4) is 0 Å². The fraction of sp³-hybridized carbons (Fsp3) is 0.0667. The number of ether oxygens (including phenoxy) is 1. The van der Waals surface area contributed by atoms with Gasteiger partial charge in [0.2, 0.25) is 0 Å². The smallest absolute Gasteiger partial charge is 0.184 e. The molecule has 0 aromatic heterocycles. The van der Waals surface area contributed by atoms with Gasteiger partial charge in [-0.25, -0.2) is 4.39 Å². The van der Waals surface area contributed by atoms with E-state index < -0.39 is 0 Å². The Morgan fingerprint density at radius 3 is 2.48 bits per heavy atom. The molecule has 2 aromatic carbocycles. The van der Waals surface area contributed by atoms with Crippen molar-refractivity contribution >= 4 is 23.5 Å². The largest absolute Gasteiger partial charge is 0.489 e. The highest BCUT2D eigenvalue weighted by atomic mass is 32.1. The number of hydrogen-bond donors (Lipinski definition) is 2. The highest BCUT2D eigenvalue weighted by Gasteiger charge is 1.97. The SMILES string of the molecule is NC(=S)NN=Cc1ccc(COc2ccc(F)cc2)cc1. The second-order valence-corrected chi connectivity index (χ2v) is 4.66. The Kier molecular flexibility index (Phi) is 5.22. The van der Waals surface area contributed by atoms with E-state index in [0.717, 1.165) is 11.1 Å². The second-order valence-electron chi connectivity index (χ2n) is 4.22. The zero-order chi connectivity index (χ0) is 15.1. The molecular formula is C15H14FN3OS. The van der Waals surface area contributed by atoms with Crippen molar-refractivity contribution in [1.29, 1.82) is 0 Å². The number of thiocarbonyl (C=S) groups is 1. The molecule has 6 heteroatoms. The molecule has 0 radical (unpaired) electrons. The molecule has 0 spiro atoms. The topological polar surface area (TPSA) is 59.6 Å². The lowest BCUT2D eigenvalue weighted by Gasteiger charge is -2.06. The molecule has 0 bridgehead atoms. The molecule has 4 nitrogen and oxygen atoms in total. The minimum atomic E-state index is -0.281. The van der Waals surface area contributed by atoms with E-state index in [2.05, 4.69) is 22.7 Å². The summed E-state index contributed by atoms with van der Waals surface area (Å²) >= 11 is 4.63. The van der Waals surface area contributed by atoms with Crippen molar-refractivity contribution < 1.29 is 9.13 Å². The Bertz CT molecular complexity index is 626. The molecule has 2 aromatic rings. The molecule has 0 aliphatic rings. The molecule has 108 valence electrons.